The Kier molecular flexibility index (Phi) is 5.86. The van der Waals surface area contributed by atoms with Gasteiger partial charge in [-0.15, -0.1) is 0 Å². The maximum Gasteiger partial charge on any atom is 0.224 e. The monoisotopic (exact) mass is 368 g/mol. The molecule has 1 amide bonds. The number of carbonyl (C=O) groups excluding carboxylic acids is 1. The van der Waals surface area contributed by atoms with Crippen molar-refractivity contribution in [2.75, 3.05) is 11.9 Å². The molecule has 140 valence electrons. The summed E-state index contributed by atoms with van der Waals surface area (Å²) in [4.78, 5) is 16.4. The zero-order valence-corrected chi connectivity index (χ0v) is 15.3. The van der Waals surface area contributed by atoms with Crippen molar-refractivity contribution in [1.29, 1.82) is 0 Å². The third kappa shape index (κ3) is 4.73. The Morgan fingerprint density at radius 2 is 2.07 bits per heavy atom. The molecule has 0 aliphatic rings. The first-order valence-electron chi connectivity index (χ1n) is 8.79. The normalized spacial score (nSPS) is 10.6. The minimum absolute atomic E-state index is 0.176. The molecule has 3 aromatic rings. The molecule has 0 aliphatic carbocycles. The van der Waals surface area contributed by atoms with Crippen LogP contribution in [0, 0.1) is 12.7 Å². The van der Waals surface area contributed by atoms with Crippen LogP contribution < -0.4 is 10.1 Å². The maximum atomic E-state index is 13.8. The molecule has 0 spiro atoms. The summed E-state index contributed by atoms with van der Waals surface area (Å²) in [5.41, 5.74) is 2.03. The number of halogens is 1. The van der Waals surface area contributed by atoms with E-state index in [1.54, 1.807) is 18.2 Å². The summed E-state index contributed by atoms with van der Waals surface area (Å²) in [5, 5.41) is 2.85. The Hall–Kier alpha value is -3.15. The highest BCUT2D eigenvalue weighted by Gasteiger charge is 2.13. The second kappa shape index (κ2) is 8.49. The van der Waals surface area contributed by atoms with Gasteiger partial charge in [0.2, 0.25) is 5.91 Å². The summed E-state index contributed by atoms with van der Waals surface area (Å²) < 4.78 is 24.9. The molecule has 6 heteroatoms. The molecule has 2 aromatic carbocycles. The van der Waals surface area contributed by atoms with Crippen LogP contribution in [-0.2, 0) is 11.2 Å². The SMILES string of the molecule is CCOc1cc(C)ccc1NC(=O)CCc1ncc(-c2ccccc2F)o1. The van der Waals surface area contributed by atoms with Gasteiger partial charge in [0.1, 0.15) is 11.6 Å². The van der Waals surface area contributed by atoms with Gasteiger partial charge in [0, 0.05) is 12.8 Å². The van der Waals surface area contributed by atoms with Gasteiger partial charge < -0.3 is 14.5 Å². The number of rotatable bonds is 7. The maximum absolute atomic E-state index is 13.8. The molecule has 27 heavy (non-hydrogen) atoms. The first-order chi connectivity index (χ1) is 13.1. The average Bonchev–Trinajstić information content (AvgIpc) is 3.12. The van der Waals surface area contributed by atoms with Gasteiger partial charge in [-0.25, -0.2) is 9.37 Å². The Morgan fingerprint density at radius 3 is 2.85 bits per heavy atom. The van der Waals surface area contributed by atoms with E-state index < -0.39 is 0 Å². The molecule has 0 atom stereocenters. The molecule has 0 unspecified atom stereocenters. The molecule has 3 rings (SSSR count). The number of ether oxygens (including phenoxy) is 1. The van der Waals surface area contributed by atoms with E-state index in [0.29, 0.717) is 41.7 Å². The van der Waals surface area contributed by atoms with Crippen LogP contribution in [0.4, 0.5) is 10.1 Å². The first kappa shape index (κ1) is 18.6. The van der Waals surface area contributed by atoms with E-state index in [1.807, 2.05) is 32.0 Å². The fraction of sp³-hybridized carbons (Fsp3) is 0.238. The Balaban J connectivity index is 1.61. The van der Waals surface area contributed by atoms with E-state index >= 15 is 0 Å². The molecular weight excluding hydrogens is 347 g/mol. The summed E-state index contributed by atoms with van der Waals surface area (Å²) in [6, 6.07) is 11.9. The van der Waals surface area contributed by atoms with E-state index in [9.17, 15) is 9.18 Å². The quantitative estimate of drug-likeness (QED) is 0.653. The molecule has 1 aromatic heterocycles. The number of oxazole rings is 1. The van der Waals surface area contributed by atoms with E-state index in [2.05, 4.69) is 10.3 Å². The zero-order chi connectivity index (χ0) is 19.2. The number of carbonyl (C=O) groups is 1. The number of hydrogen-bond donors (Lipinski definition) is 1. The number of aromatic nitrogens is 1. The van der Waals surface area contributed by atoms with Crippen molar-refractivity contribution in [3.63, 3.8) is 0 Å². The van der Waals surface area contributed by atoms with Gasteiger partial charge in [0.15, 0.2) is 11.7 Å². The first-order valence-corrected chi connectivity index (χ1v) is 8.79. The minimum Gasteiger partial charge on any atom is -0.492 e. The van der Waals surface area contributed by atoms with Gasteiger partial charge in [-0.2, -0.15) is 0 Å². The van der Waals surface area contributed by atoms with Crippen LogP contribution in [0.1, 0.15) is 24.8 Å². The smallest absolute Gasteiger partial charge is 0.224 e. The van der Waals surface area contributed by atoms with Crippen molar-refractivity contribution in [3.8, 4) is 17.1 Å². The van der Waals surface area contributed by atoms with Crippen LogP contribution in [-0.4, -0.2) is 17.5 Å². The van der Waals surface area contributed by atoms with Crippen LogP contribution in [0.3, 0.4) is 0 Å². The molecule has 1 heterocycles. The summed E-state index contributed by atoms with van der Waals surface area (Å²) in [6.07, 6.45) is 1.98. The number of nitrogens with one attached hydrogen (secondary N) is 1. The molecule has 0 bridgehead atoms. The van der Waals surface area contributed by atoms with Crippen LogP contribution >= 0.6 is 0 Å². The van der Waals surface area contributed by atoms with Gasteiger partial charge >= 0.3 is 0 Å². The molecule has 0 radical (unpaired) electrons. The van der Waals surface area contributed by atoms with Crippen molar-refractivity contribution < 1.29 is 18.3 Å². The van der Waals surface area contributed by atoms with Crippen molar-refractivity contribution in [1.82, 2.24) is 4.98 Å². The molecule has 1 N–H and O–H groups in total. The van der Waals surface area contributed by atoms with Crippen LogP contribution in [0.2, 0.25) is 0 Å². The number of benzene rings is 2. The molecular formula is C21H21FN2O3. The van der Waals surface area contributed by atoms with Gasteiger partial charge in [-0.1, -0.05) is 18.2 Å². The van der Waals surface area contributed by atoms with Crippen molar-refractivity contribution in [2.45, 2.75) is 26.7 Å². The lowest BCUT2D eigenvalue weighted by atomic mass is 10.2. The van der Waals surface area contributed by atoms with Crippen LogP contribution in [0.15, 0.2) is 53.1 Å². The molecule has 0 saturated carbocycles. The average molecular weight is 368 g/mol. The largest absolute Gasteiger partial charge is 0.492 e. The van der Waals surface area contributed by atoms with Crippen molar-refractivity contribution >= 4 is 11.6 Å². The molecule has 0 saturated heterocycles. The van der Waals surface area contributed by atoms with Gasteiger partial charge in [0.05, 0.1) is 24.1 Å². The highest BCUT2D eigenvalue weighted by molar-refractivity contribution is 5.92. The molecule has 5 nitrogen and oxygen atoms in total. The third-order valence-corrected chi connectivity index (χ3v) is 3.97. The third-order valence-electron chi connectivity index (χ3n) is 3.97. The predicted octanol–water partition coefficient (Wildman–Crippen LogP) is 4.76. The van der Waals surface area contributed by atoms with Crippen molar-refractivity contribution in [2.24, 2.45) is 0 Å². The standard InChI is InChI=1S/C21H21FN2O3/c1-3-26-18-12-14(2)8-9-17(18)24-20(25)10-11-21-23-13-19(27-21)15-6-4-5-7-16(15)22/h4-9,12-13H,3,10-11H2,1-2H3,(H,24,25). The molecule has 0 fully saturated rings. The lowest BCUT2D eigenvalue weighted by molar-refractivity contribution is -0.116. The van der Waals surface area contributed by atoms with E-state index in [-0.39, 0.29) is 18.1 Å². The topological polar surface area (TPSA) is 64.4 Å². The highest BCUT2D eigenvalue weighted by Crippen LogP contribution is 2.26. The number of nitrogens with zero attached hydrogens (tertiary/aromatic N) is 1. The zero-order valence-electron chi connectivity index (χ0n) is 15.3. The van der Waals surface area contributed by atoms with E-state index in [0.717, 1.165) is 5.56 Å². The Labute approximate surface area is 157 Å². The van der Waals surface area contributed by atoms with Gasteiger partial charge in [0.25, 0.3) is 0 Å². The Bertz CT molecular complexity index is 937. The number of aryl methyl sites for hydroxylation is 2. The Morgan fingerprint density at radius 1 is 1.26 bits per heavy atom. The lowest BCUT2D eigenvalue weighted by Gasteiger charge is -2.12. The number of anilines is 1. The highest BCUT2D eigenvalue weighted by atomic mass is 19.1. The number of hydrogen-bond acceptors (Lipinski definition) is 4. The van der Waals surface area contributed by atoms with E-state index in [4.69, 9.17) is 9.15 Å². The fourth-order valence-electron chi connectivity index (χ4n) is 2.65. The second-order valence-corrected chi connectivity index (χ2v) is 6.08. The summed E-state index contributed by atoms with van der Waals surface area (Å²) in [7, 11) is 0. The van der Waals surface area contributed by atoms with Gasteiger partial charge in [-0.3, -0.25) is 4.79 Å². The summed E-state index contributed by atoms with van der Waals surface area (Å²) in [6.45, 7) is 4.37. The van der Waals surface area contributed by atoms with Gasteiger partial charge in [-0.05, 0) is 43.7 Å². The fourth-order valence-corrected chi connectivity index (χ4v) is 2.65. The summed E-state index contributed by atoms with van der Waals surface area (Å²) >= 11 is 0. The minimum atomic E-state index is -0.374. The lowest BCUT2D eigenvalue weighted by Crippen LogP contribution is -2.13. The molecule has 0 aliphatic heterocycles. The predicted molar refractivity (Wildman–Crippen MR) is 101 cm³/mol. The second-order valence-electron chi connectivity index (χ2n) is 6.08. The number of amides is 1. The summed E-state index contributed by atoms with van der Waals surface area (Å²) in [5.74, 6) is 0.827. The van der Waals surface area contributed by atoms with Crippen molar-refractivity contribution in [3.05, 3.63) is 65.9 Å². The van der Waals surface area contributed by atoms with E-state index in [1.165, 1.54) is 12.3 Å². The van der Waals surface area contributed by atoms with Crippen LogP contribution in [0.25, 0.3) is 11.3 Å². The van der Waals surface area contributed by atoms with Crippen LogP contribution in [0.5, 0.6) is 5.75 Å².